The molecule has 4 unspecified atom stereocenters. The molecule has 300 valence electrons. The van der Waals surface area contributed by atoms with Crippen molar-refractivity contribution in [3.8, 4) is 5.75 Å². The van der Waals surface area contributed by atoms with E-state index < -0.39 is 17.8 Å². The minimum atomic E-state index is -0.581. The number of ketones is 1. The summed E-state index contributed by atoms with van der Waals surface area (Å²) >= 11 is 0. The van der Waals surface area contributed by atoms with Crippen LogP contribution in [0.5, 0.6) is 5.75 Å². The zero-order valence-corrected chi connectivity index (χ0v) is 35.9. The van der Waals surface area contributed by atoms with Crippen LogP contribution in [0.15, 0.2) is 84.1 Å². The van der Waals surface area contributed by atoms with Crippen LogP contribution in [0.3, 0.4) is 0 Å². The van der Waals surface area contributed by atoms with Crippen LogP contribution in [0.1, 0.15) is 99.8 Å². The Kier molecular flexibility index (Phi) is 16.4. The predicted octanol–water partition coefficient (Wildman–Crippen LogP) is 7.40. The molecule has 0 spiro atoms. The molecule has 1 amide bonds. The fourth-order valence-corrected chi connectivity index (χ4v) is 8.94. The third-order valence-electron chi connectivity index (χ3n) is 11.4. The molecule has 56 heavy (non-hydrogen) atoms. The molecule has 0 saturated carbocycles. The summed E-state index contributed by atoms with van der Waals surface area (Å²) in [5.74, 6) is -0.733. The Hall–Kier alpha value is -3.67. The summed E-state index contributed by atoms with van der Waals surface area (Å²) in [5, 5.41) is 4.95. The molecule has 5 rings (SSSR count). The molecular formula is C46H60N2O6P2. The van der Waals surface area contributed by atoms with Crippen LogP contribution < -0.4 is 20.7 Å². The van der Waals surface area contributed by atoms with Crippen LogP contribution in [-0.2, 0) is 29.3 Å². The lowest BCUT2D eigenvalue weighted by molar-refractivity contribution is -0.139. The van der Waals surface area contributed by atoms with E-state index in [-0.39, 0.29) is 36.7 Å². The second-order valence-corrected chi connectivity index (χ2v) is 16.3. The highest BCUT2D eigenvalue weighted by atomic mass is 31.0. The van der Waals surface area contributed by atoms with E-state index in [1.165, 1.54) is 23.8 Å². The van der Waals surface area contributed by atoms with Crippen LogP contribution in [0.25, 0.3) is 6.08 Å². The number of ether oxygens (including phenoxy) is 3. The molecule has 0 radical (unpaired) electrons. The lowest BCUT2D eigenvalue weighted by Gasteiger charge is -2.43. The van der Waals surface area contributed by atoms with Gasteiger partial charge in [0.15, 0.2) is 0 Å². The number of rotatable bonds is 18. The van der Waals surface area contributed by atoms with Crippen molar-refractivity contribution < 1.29 is 28.6 Å². The average Bonchev–Trinajstić information content (AvgIpc) is 3.33. The molecule has 2 heterocycles. The second-order valence-electron chi connectivity index (χ2n) is 15.1. The number of carbonyl (C=O) groups excluding carboxylic acids is 3. The topological polar surface area (TPSA) is 94.2 Å². The van der Waals surface area contributed by atoms with E-state index in [9.17, 15) is 14.4 Å². The second kappa shape index (κ2) is 21.2. The summed E-state index contributed by atoms with van der Waals surface area (Å²) in [6, 6.07) is 23.4. The smallest absolute Gasteiger partial charge is 0.336 e. The quantitative estimate of drug-likeness (QED) is 0.0815. The van der Waals surface area contributed by atoms with Gasteiger partial charge in [0.2, 0.25) is 5.91 Å². The number of nitrogens with zero attached hydrogens (tertiary/aromatic N) is 1. The van der Waals surface area contributed by atoms with Gasteiger partial charge in [-0.1, -0.05) is 79.6 Å². The summed E-state index contributed by atoms with van der Waals surface area (Å²) in [7, 11) is 8.73. The van der Waals surface area contributed by atoms with Gasteiger partial charge in [-0.05, 0) is 105 Å². The number of benzene rings is 3. The Labute approximate surface area is 338 Å². The number of Topliss-reactive ketones (excluding diaryl/α,β-unsaturated/α-hetero) is 1. The maximum Gasteiger partial charge on any atom is 0.336 e. The Bertz CT molecular complexity index is 1870. The molecule has 0 aromatic heterocycles. The highest BCUT2D eigenvalue weighted by molar-refractivity contribution is 7.35. The first kappa shape index (κ1) is 43.5. The van der Waals surface area contributed by atoms with Crippen molar-refractivity contribution in [1.82, 2.24) is 10.2 Å². The number of allylic oxidation sites excluding steroid dienone is 1. The van der Waals surface area contributed by atoms with Gasteiger partial charge in [-0.15, -0.1) is 18.5 Å². The minimum absolute atomic E-state index is 0.0529. The molecule has 2 aliphatic heterocycles. The maximum absolute atomic E-state index is 13.6. The molecule has 1 fully saturated rings. The summed E-state index contributed by atoms with van der Waals surface area (Å²) < 4.78 is 16.8. The van der Waals surface area contributed by atoms with Gasteiger partial charge in [0.1, 0.15) is 11.5 Å². The zero-order valence-electron chi connectivity index (χ0n) is 33.6. The van der Waals surface area contributed by atoms with E-state index in [0.717, 1.165) is 80.1 Å². The van der Waals surface area contributed by atoms with Gasteiger partial charge in [-0.25, -0.2) is 4.79 Å². The Morgan fingerprint density at radius 2 is 1.70 bits per heavy atom. The minimum Gasteiger partial charge on any atom is -0.496 e. The number of likely N-dealkylation sites (tertiary alicyclic amines) is 1. The van der Waals surface area contributed by atoms with Crippen molar-refractivity contribution in [1.29, 1.82) is 0 Å². The van der Waals surface area contributed by atoms with E-state index in [4.69, 9.17) is 14.2 Å². The van der Waals surface area contributed by atoms with Gasteiger partial charge in [0, 0.05) is 42.8 Å². The van der Waals surface area contributed by atoms with E-state index in [0.29, 0.717) is 24.1 Å². The Morgan fingerprint density at radius 3 is 2.38 bits per heavy atom. The number of carbonyl (C=O) groups is 3. The number of piperidine rings is 1. The van der Waals surface area contributed by atoms with Crippen molar-refractivity contribution in [3.63, 3.8) is 0 Å². The molecular weight excluding hydrogens is 738 g/mol. The average molecular weight is 799 g/mol. The van der Waals surface area contributed by atoms with Gasteiger partial charge in [0.05, 0.1) is 31.6 Å². The van der Waals surface area contributed by atoms with Gasteiger partial charge in [0.25, 0.3) is 0 Å². The van der Waals surface area contributed by atoms with Crippen molar-refractivity contribution >= 4 is 52.8 Å². The van der Waals surface area contributed by atoms with Crippen LogP contribution in [0.2, 0.25) is 0 Å². The number of amides is 1. The van der Waals surface area contributed by atoms with E-state index in [1.54, 1.807) is 14.0 Å². The summed E-state index contributed by atoms with van der Waals surface area (Å²) in [6.07, 6.45) is 11.1. The van der Waals surface area contributed by atoms with Crippen molar-refractivity contribution in [2.45, 2.75) is 83.0 Å². The van der Waals surface area contributed by atoms with Crippen LogP contribution in [-0.4, -0.2) is 69.6 Å². The summed E-state index contributed by atoms with van der Waals surface area (Å²) in [5.41, 5.74) is 5.35. The van der Waals surface area contributed by atoms with E-state index in [1.807, 2.05) is 18.2 Å². The molecule has 0 bridgehead atoms. The summed E-state index contributed by atoms with van der Waals surface area (Å²) in [6.45, 7) is 7.12. The Balaban J connectivity index is 1.14. The first-order chi connectivity index (χ1) is 27.1. The molecule has 8 nitrogen and oxygen atoms in total. The van der Waals surface area contributed by atoms with E-state index >= 15 is 0 Å². The molecule has 1 saturated heterocycles. The number of hydrogen-bond donors (Lipinski definition) is 1. The zero-order chi connectivity index (χ0) is 40.1. The van der Waals surface area contributed by atoms with Gasteiger partial charge >= 0.3 is 5.97 Å². The fraction of sp³-hybridized carbons (Fsp3) is 0.457. The normalized spacial score (nSPS) is 18.8. The highest BCUT2D eigenvalue weighted by Crippen LogP contribution is 2.46. The first-order valence-electron chi connectivity index (χ1n) is 20.1. The molecule has 1 N–H and O–H groups in total. The third kappa shape index (κ3) is 10.8. The number of hydrogen-bond acceptors (Lipinski definition) is 7. The SMILES string of the molecule is CC=Cc1ccc(OC)c(C2(c3ccccc3)CCN(CCCCCCC(=O)CC3CC(c4ccc(P)c(P)c4)C(C(=O)OCC)=C(COC)NC3=O)CC2)c1. The largest absolute Gasteiger partial charge is 0.496 e. The van der Waals surface area contributed by atoms with Gasteiger partial charge in [-0.3, -0.25) is 9.59 Å². The standard InChI is InChI=1S/C46H60N2O6P2/c1-5-14-32-18-20-40(53-4)38(27-32)46(35-15-10-9-11-16-35)22-25-48(26-23-46)24-13-8-7-12-17-36(49)28-34-29-37(33-19-21-41(55)42(56)30-33)43(45(51)54-6-2)39(31-52-3)47-44(34)50/h5,9-11,14-16,18-21,27,30,34,37H,6-8,12-13,17,22-26,28-29,31,55-56H2,1-4H3,(H,47,50). The monoisotopic (exact) mass is 798 g/mol. The van der Waals surface area contributed by atoms with Crippen molar-refractivity contribution in [3.05, 3.63) is 106 Å². The van der Waals surface area contributed by atoms with Crippen LogP contribution in [0.4, 0.5) is 0 Å². The Morgan fingerprint density at radius 1 is 0.946 bits per heavy atom. The predicted molar refractivity (Wildman–Crippen MR) is 233 cm³/mol. The van der Waals surface area contributed by atoms with E-state index in [2.05, 4.69) is 96.3 Å². The van der Waals surface area contributed by atoms with Gasteiger partial charge < -0.3 is 24.4 Å². The molecule has 3 aromatic rings. The lowest BCUT2D eigenvalue weighted by atomic mass is 9.67. The molecule has 0 aliphatic carbocycles. The lowest BCUT2D eigenvalue weighted by Crippen LogP contribution is -2.43. The molecule has 4 atom stereocenters. The van der Waals surface area contributed by atoms with Crippen molar-refractivity contribution in [2.75, 3.05) is 47.1 Å². The number of methoxy groups -OCH3 is 2. The van der Waals surface area contributed by atoms with Crippen LogP contribution >= 0.6 is 18.5 Å². The van der Waals surface area contributed by atoms with Crippen molar-refractivity contribution in [2.24, 2.45) is 5.92 Å². The van der Waals surface area contributed by atoms with Crippen LogP contribution in [0, 0.1) is 5.92 Å². The maximum atomic E-state index is 13.6. The molecule has 2 aliphatic rings. The molecule has 3 aromatic carbocycles. The van der Waals surface area contributed by atoms with Gasteiger partial charge in [-0.2, -0.15) is 0 Å². The number of nitrogens with one attached hydrogen (secondary N) is 1. The summed E-state index contributed by atoms with van der Waals surface area (Å²) in [4.78, 5) is 42.9. The fourth-order valence-electron chi connectivity index (χ4n) is 8.47. The third-order valence-corrected chi connectivity index (χ3v) is 12.8. The first-order valence-corrected chi connectivity index (χ1v) is 21.2. The molecule has 10 heteroatoms. The number of esters is 1. The highest BCUT2D eigenvalue weighted by Gasteiger charge is 2.40. The number of unbranched alkanes of at least 4 members (excludes halogenated alkanes) is 3.